The molecule has 0 radical (unpaired) electrons. The van der Waals surface area contributed by atoms with Gasteiger partial charge in [-0.15, -0.1) is 11.3 Å². The molecule has 2 N–H and O–H groups in total. The predicted octanol–water partition coefficient (Wildman–Crippen LogP) is 3.68. The summed E-state index contributed by atoms with van der Waals surface area (Å²) in [6.45, 7) is 8.49. The molecule has 2 rings (SSSR count). The molecule has 0 saturated carbocycles. The average Bonchev–Trinajstić information content (AvgIpc) is 2.71. The maximum absolute atomic E-state index is 4.33. The van der Waals surface area contributed by atoms with Gasteiger partial charge in [0.05, 0.1) is 6.04 Å². The molecule has 0 aliphatic rings. The number of aromatic nitrogens is 2. The highest BCUT2D eigenvalue weighted by molar-refractivity contribution is 7.12. The molecular formula is C14H20N4S. The molecule has 0 amide bonds. The zero-order chi connectivity index (χ0) is 14.0. The van der Waals surface area contributed by atoms with Gasteiger partial charge in [-0.2, -0.15) is 0 Å². The van der Waals surface area contributed by atoms with Crippen LogP contribution in [0.25, 0.3) is 0 Å². The molecule has 0 fully saturated rings. The number of hydrogen-bond acceptors (Lipinski definition) is 5. The lowest BCUT2D eigenvalue weighted by Gasteiger charge is -2.17. The minimum absolute atomic E-state index is 0.239. The van der Waals surface area contributed by atoms with Crippen molar-refractivity contribution in [2.24, 2.45) is 0 Å². The Bertz CT molecular complexity index is 577. The van der Waals surface area contributed by atoms with E-state index in [1.165, 1.54) is 15.3 Å². The van der Waals surface area contributed by atoms with Crippen LogP contribution in [0.2, 0.25) is 0 Å². The Hall–Kier alpha value is -1.62. The number of nitrogens with one attached hydrogen (secondary N) is 2. The van der Waals surface area contributed by atoms with Crippen LogP contribution in [0, 0.1) is 20.8 Å². The molecular weight excluding hydrogens is 256 g/mol. The minimum Gasteiger partial charge on any atom is -0.373 e. The van der Waals surface area contributed by atoms with Crippen molar-refractivity contribution in [2.45, 2.75) is 33.7 Å². The lowest BCUT2D eigenvalue weighted by molar-refractivity contribution is 0.865. The highest BCUT2D eigenvalue weighted by Gasteiger charge is 2.13. The quantitative estimate of drug-likeness (QED) is 0.894. The standard InChI is InChI=1S/C14H20N4S/c1-8-6-12(11(4)19-8)10(3)18-14-9(2)13(15-5)16-7-17-14/h6-7,10H,1-5H3,(H2,15,16,17,18). The van der Waals surface area contributed by atoms with Crippen LogP contribution in [0.4, 0.5) is 11.6 Å². The van der Waals surface area contributed by atoms with Gasteiger partial charge in [0, 0.05) is 22.4 Å². The van der Waals surface area contributed by atoms with Gasteiger partial charge in [0.2, 0.25) is 0 Å². The normalized spacial score (nSPS) is 12.3. The molecule has 0 bridgehead atoms. The Labute approximate surface area is 118 Å². The fourth-order valence-electron chi connectivity index (χ4n) is 2.21. The summed E-state index contributed by atoms with van der Waals surface area (Å²) >= 11 is 1.83. The summed E-state index contributed by atoms with van der Waals surface area (Å²) in [5.41, 5.74) is 2.38. The Balaban J connectivity index is 2.24. The fraction of sp³-hybridized carbons (Fsp3) is 0.429. The van der Waals surface area contributed by atoms with E-state index < -0.39 is 0 Å². The molecule has 4 nitrogen and oxygen atoms in total. The molecule has 0 aliphatic carbocycles. The maximum Gasteiger partial charge on any atom is 0.134 e. The summed E-state index contributed by atoms with van der Waals surface area (Å²) < 4.78 is 0. The summed E-state index contributed by atoms with van der Waals surface area (Å²) in [5.74, 6) is 1.75. The van der Waals surface area contributed by atoms with Gasteiger partial charge in [0.1, 0.15) is 18.0 Å². The summed E-state index contributed by atoms with van der Waals surface area (Å²) in [4.78, 5) is 11.2. The van der Waals surface area contributed by atoms with Gasteiger partial charge in [0.25, 0.3) is 0 Å². The second-order valence-corrected chi connectivity index (χ2v) is 6.14. The highest BCUT2D eigenvalue weighted by Crippen LogP contribution is 2.29. The highest BCUT2D eigenvalue weighted by atomic mass is 32.1. The van der Waals surface area contributed by atoms with Crippen molar-refractivity contribution in [1.82, 2.24) is 9.97 Å². The third-order valence-corrected chi connectivity index (χ3v) is 4.20. The van der Waals surface area contributed by atoms with Crippen LogP contribution in [0.3, 0.4) is 0 Å². The molecule has 0 spiro atoms. The average molecular weight is 276 g/mol. The first-order valence-electron chi connectivity index (χ1n) is 6.35. The van der Waals surface area contributed by atoms with Gasteiger partial charge in [0.15, 0.2) is 0 Å². The summed E-state index contributed by atoms with van der Waals surface area (Å²) in [6, 6.07) is 2.48. The van der Waals surface area contributed by atoms with Gasteiger partial charge in [-0.1, -0.05) is 0 Å². The minimum atomic E-state index is 0.239. The van der Waals surface area contributed by atoms with E-state index in [0.717, 1.165) is 17.2 Å². The van der Waals surface area contributed by atoms with Gasteiger partial charge in [-0.25, -0.2) is 9.97 Å². The molecule has 2 aromatic rings. The summed E-state index contributed by atoms with van der Waals surface area (Å²) in [5, 5.41) is 6.55. The molecule has 19 heavy (non-hydrogen) atoms. The van der Waals surface area contributed by atoms with Gasteiger partial charge < -0.3 is 10.6 Å². The number of anilines is 2. The van der Waals surface area contributed by atoms with Crippen molar-refractivity contribution < 1.29 is 0 Å². The van der Waals surface area contributed by atoms with Crippen LogP contribution in [0.15, 0.2) is 12.4 Å². The molecule has 1 unspecified atom stereocenters. The third-order valence-electron chi connectivity index (χ3n) is 3.22. The number of aryl methyl sites for hydroxylation is 2. The smallest absolute Gasteiger partial charge is 0.134 e. The van der Waals surface area contributed by atoms with E-state index in [4.69, 9.17) is 0 Å². The largest absolute Gasteiger partial charge is 0.373 e. The monoisotopic (exact) mass is 276 g/mol. The topological polar surface area (TPSA) is 49.8 Å². The number of thiophene rings is 1. The van der Waals surface area contributed by atoms with Crippen molar-refractivity contribution >= 4 is 23.0 Å². The second kappa shape index (κ2) is 5.57. The molecule has 0 saturated heterocycles. The molecule has 1 atom stereocenters. The van der Waals surface area contributed by atoms with E-state index in [0.29, 0.717) is 0 Å². The predicted molar refractivity (Wildman–Crippen MR) is 82.1 cm³/mol. The number of nitrogens with zero attached hydrogens (tertiary/aromatic N) is 2. The van der Waals surface area contributed by atoms with Crippen molar-refractivity contribution in [3.05, 3.63) is 33.3 Å². The first-order valence-corrected chi connectivity index (χ1v) is 7.17. The molecule has 5 heteroatoms. The molecule has 2 aromatic heterocycles. The van der Waals surface area contributed by atoms with E-state index in [9.17, 15) is 0 Å². The van der Waals surface area contributed by atoms with E-state index in [1.54, 1.807) is 6.33 Å². The van der Waals surface area contributed by atoms with Crippen LogP contribution in [-0.2, 0) is 0 Å². The zero-order valence-corrected chi connectivity index (χ0v) is 12.9. The van der Waals surface area contributed by atoms with E-state index in [2.05, 4.69) is 47.4 Å². The van der Waals surface area contributed by atoms with Crippen LogP contribution in [0.1, 0.15) is 33.8 Å². The third kappa shape index (κ3) is 2.87. The van der Waals surface area contributed by atoms with E-state index >= 15 is 0 Å². The van der Waals surface area contributed by atoms with Crippen molar-refractivity contribution in [3.63, 3.8) is 0 Å². The number of rotatable bonds is 4. The lowest BCUT2D eigenvalue weighted by atomic mass is 10.1. The Morgan fingerprint density at radius 1 is 1.16 bits per heavy atom. The Kier molecular flexibility index (Phi) is 4.04. The first kappa shape index (κ1) is 13.8. The summed E-state index contributed by atoms with van der Waals surface area (Å²) in [6.07, 6.45) is 1.58. The van der Waals surface area contributed by atoms with Crippen LogP contribution < -0.4 is 10.6 Å². The Morgan fingerprint density at radius 3 is 2.42 bits per heavy atom. The molecule has 2 heterocycles. The van der Waals surface area contributed by atoms with Gasteiger partial charge in [-0.3, -0.25) is 0 Å². The van der Waals surface area contributed by atoms with Crippen LogP contribution in [0.5, 0.6) is 0 Å². The number of hydrogen-bond donors (Lipinski definition) is 2. The van der Waals surface area contributed by atoms with Gasteiger partial charge >= 0.3 is 0 Å². The SMILES string of the molecule is CNc1ncnc(NC(C)c2cc(C)sc2C)c1C. The second-order valence-electron chi connectivity index (χ2n) is 4.68. The fourth-order valence-corrected chi connectivity index (χ4v) is 3.23. The first-order chi connectivity index (χ1) is 9.02. The maximum atomic E-state index is 4.33. The van der Waals surface area contributed by atoms with Crippen molar-refractivity contribution in [3.8, 4) is 0 Å². The zero-order valence-electron chi connectivity index (χ0n) is 12.0. The summed E-state index contributed by atoms with van der Waals surface area (Å²) in [7, 11) is 1.87. The van der Waals surface area contributed by atoms with Crippen LogP contribution in [-0.4, -0.2) is 17.0 Å². The van der Waals surface area contributed by atoms with Crippen LogP contribution >= 0.6 is 11.3 Å². The van der Waals surface area contributed by atoms with Gasteiger partial charge in [-0.05, 0) is 39.3 Å². The Morgan fingerprint density at radius 2 is 1.84 bits per heavy atom. The molecule has 0 aliphatic heterocycles. The van der Waals surface area contributed by atoms with Crippen molar-refractivity contribution in [1.29, 1.82) is 0 Å². The molecule has 102 valence electrons. The molecule has 0 aromatic carbocycles. The van der Waals surface area contributed by atoms with E-state index in [-0.39, 0.29) is 6.04 Å². The lowest BCUT2D eigenvalue weighted by Crippen LogP contribution is -2.11. The van der Waals surface area contributed by atoms with Crippen molar-refractivity contribution in [2.75, 3.05) is 17.7 Å². The van der Waals surface area contributed by atoms with E-state index in [1.807, 2.05) is 25.3 Å².